The van der Waals surface area contributed by atoms with Gasteiger partial charge in [-0.25, -0.2) is 0 Å². The first-order valence-electron chi connectivity index (χ1n) is 4.89. The molecule has 0 aromatic rings. The SMILES string of the molecule is CC(C)C(=O)CC1CCCC1N. The van der Waals surface area contributed by atoms with Crippen molar-refractivity contribution < 1.29 is 4.79 Å². The molecule has 0 spiro atoms. The van der Waals surface area contributed by atoms with Crippen molar-refractivity contribution >= 4 is 5.78 Å². The average molecular weight is 169 g/mol. The zero-order chi connectivity index (χ0) is 9.14. The van der Waals surface area contributed by atoms with Crippen molar-refractivity contribution in [2.45, 2.75) is 45.6 Å². The van der Waals surface area contributed by atoms with Crippen molar-refractivity contribution in [1.29, 1.82) is 0 Å². The highest BCUT2D eigenvalue weighted by Crippen LogP contribution is 2.27. The van der Waals surface area contributed by atoms with E-state index in [0.717, 1.165) is 12.8 Å². The molecule has 0 radical (unpaired) electrons. The predicted octanol–water partition coefficient (Wildman–Crippen LogP) is 1.73. The highest BCUT2D eigenvalue weighted by molar-refractivity contribution is 5.80. The number of hydrogen-bond donors (Lipinski definition) is 1. The van der Waals surface area contributed by atoms with Gasteiger partial charge in [-0.05, 0) is 18.8 Å². The summed E-state index contributed by atoms with van der Waals surface area (Å²) in [5.74, 6) is 1.02. The Kier molecular flexibility index (Phi) is 3.27. The van der Waals surface area contributed by atoms with Gasteiger partial charge in [-0.3, -0.25) is 4.79 Å². The highest BCUT2D eigenvalue weighted by atomic mass is 16.1. The van der Waals surface area contributed by atoms with Crippen LogP contribution in [0.1, 0.15) is 39.5 Å². The third-order valence-electron chi connectivity index (χ3n) is 2.83. The Bertz CT molecular complexity index is 165. The molecule has 0 amide bonds. The van der Waals surface area contributed by atoms with Crippen LogP contribution in [0, 0.1) is 11.8 Å². The second-order valence-electron chi connectivity index (χ2n) is 4.18. The predicted molar refractivity (Wildman–Crippen MR) is 49.8 cm³/mol. The summed E-state index contributed by atoms with van der Waals surface area (Å²) in [6, 6.07) is 0.285. The summed E-state index contributed by atoms with van der Waals surface area (Å²) >= 11 is 0. The summed E-state index contributed by atoms with van der Waals surface area (Å²) in [6.07, 6.45) is 4.17. The quantitative estimate of drug-likeness (QED) is 0.699. The van der Waals surface area contributed by atoms with E-state index in [1.165, 1.54) is 6.42 Å². The molecule has 0 saturated heterocycles. The van der Waals surface area contributed by atoms with Crippen LogP contribution in [0.4, 0.5) is 0 Å². The lowest BCUT2D eigenvalue weighted by atomic mass is 9.93. The normalized spacial score (nSPS) is 29.7. The summed E-state index contributed by atoms with van der Waals surface area (Å²) in [4.78, 5) is 11.4. The van der Waals surface area contributed by atoms with E-state index in [1.54, 1.807) is 0 Å². The largest absolute Gasteiger partial charge is 0.327 e. The number of rotatable bonds is 3. The summed E-state index contributed by atoms with van der Waals surface area (Å²) in [7, 11) is 0. The summed E-state index contributed by atoms with van der Waals surface area (Å²) < 4.78 is 0. The fraction of sp³-hybridized carbons (Fsp3) is 0.900. The highest BCUT2D eigenvalue weighted by Gasteiger charge is 2.26. The number of carbonyl (C=O) groups is 1. The smallest absolute Gasteiger partial charge is 0.135 e. The fourth-order valence-corrected chi connectivity index (χ4v) is 1.81. The molecule has 2 atom stereocenters. The van der Waals surface area contributed by atoms with E-state index in [-0.39, 0.29) is 12.0 Å². The molecule has 0 aromatic heterocycles. The minimum atomic E-state index is 0.179. The Hall–Kier alpha value is -0.370. The second kappa shape index (κ2) is 4.04. The van der Waals surface area contributed by atoms with Gasteiger partial charge in [0, 0.05) is 18.4 Å². The zero-order valence-electron chi connectivity index (χ0n) is 8.05. The third kappa shape index (κ3) is 2.31. The lowest BCUT2D eigenvalue weighted by Crippen LogP contribution is -2.27. The molecule has 70 valence electrons. The molecule has 0 bridgehead atoms. The minimum absolute atomic E-state index is 0.179. The number of hydrogen-bond acceptors (Lipinski definition) is 2. The molecule has 1 saturated carbocycles. The Labute approximate surface area is 74.5 Å². The maximum atomic E-state index is 11.4. The van der Waals surface area contributed by atoms with Crippen LogP contribution in [-0.4, -0.2) is 11.8 Å². The molecule has 12 heavy (non-hydrogen) atoms. The second-order valence-corrected chi connectivity index (χ2v) is 4.18. The van der Waals surface area contributed by atoms with Crippen LogP contribution in [0.3, 0.4) is 0 Å². The maximum Gasteiger partial charge on any atom is 0.135 e. The van der Waals surface area contributed by atoms with Gasteiger partial charge in [0.1, 0.15) is 5.78 Å². The van der Waals surface area contributed by atoms with Crippen molar-refractivity contribution in [2.24, 2.45) is 17.6 Å². The monoisotopic (exact) mass is 169 g/mol. The van der Waals surface area contributed by atoms with E-state index < -0.39 is 0 Å². The molecule has 2 heteroatoms. The van der Waals surface area contributed by atoms with Gasteiger partial charge in [0.05, 0.1) is 0 Å². The fourth-order valence-electron chi connectivity index (χ4n) is 1.81. The molecule has 2 nitrogen and oxygen atoms in total. The van der Waals surface area contributed by atoms with Crippen LogP contribution in [0.5, 0.6) is 0 Å². The lowest BCUT2D eigenvalue weighted by molar-refractivity contribution is -0.122. The van der Waals surface area contributed by atoms with Crippen LogP contribution >= 0.6 is 0 Å². The van der Waals surface area contributed by atoms with Gasteiger partial charge in [-0.1, -0.05) is 20.3 Å². The molecular formula is C10H19NO. The first-order valence-corrected chi connectivity index (χ1v) is 4.89. The van der Waals surface area contributed by atoms with Gasteiger partial charge in [0.2, 0.25) is 0 Å². The molecular weight excluding hydrogens is 150 g/mol. The average Bonchev–Trinajstić information content (AvgIpc) is 2.36. The number of Topliss-reactive ketones (excluding diaryl/α,β-unsaturated/α-hetero) is 1. The minimum Gasteiger partial charge on any atom is -0.327 e. The van der Waals surface area contributed by atoms with E-state index in [2.05, 4.69) is 0 Å². The zero-order valence-corrected chi connectivity index (χ0v) is 8.05. The van der Waals surface area contributed by atoms with Gasteiger partial charge < -0.3 is 5.73 Å². The van der Waals surface area contributed by atoms with E-state index in [1.807, 2.05) is 13.8 Å². The summed E-state index contributed by atoms with van der Waals surface area (Å²) in [6.45, 7) is 3.92. The molecule has 0 aliphatic heterocycles. The standard InChI is InChI=1S/C10H19NO/c1-7(2)10(12)6-8-4-3-5-9(8)11/h7-9H,3-6,11H2,1-2H3. The number of carbonyl (C=O) groups excluding carboxylic acids is 1. The first-order chi connectivity index (χ1) is 5.61. The van der Waals surface area contributed by atoms with E-state index in [9.17, 15) is 4.79 Å². The number of nitrogens with two attached hydrogens (primary N) is 1. The van der Waals surface area contributed by atoms with Crippen molar-refractivity contribution in [3.05, 3.63) is 0 Å². The number of ketones is 1. The van der Waals surface area contributed by atoms with Gasteiger partial charge in [-0.15, -0.1) is 0 Å². The molecule has 1 rings (SSSR count). The van der Waals surface area contributed by atoms with E-state index in [4.69, 9.17) is 5.73 Å². The molecule has 0 aromatic carbocycles. The third-order valence-corrected chi connectivity index (χ3v) is 2.83. The van der Waals surface area contributed by atoms with Gasteiger partial charge in [0.25, 0.3) is 0 Å². The molecule has 2 unspecified atom stereocenters. The molecule has 0 heterocycles. The molecule has 2 N–H and O–H groups in total. The van der Waals surface area contributed by atoms with Crippen molar-refractivity contribution in [3.63, 3.8) is 0 Å². The summed E-state index contributed by atoms with van der Waals surface area (Å²) in [5.41, 5.74) is 5.88. The molecule has 1 fully saturated rings. The molecule has 1 aliphatic rings. The van der Waals surface area contributed by atoms with Crippen LogP contribution in [0.25, 0.3) is 0 Å². The van der Waals surface area contributed by atoms with Crippen molar-refractivity contribution in [2.75, 3.05) is 0 Å². The molecule has 1 aliphatic carbocycles. The van der Waals surface area contributed by atoms with Crippen LogP contribution in [0.15, 0.2) is 0 Å². The summed E-state index contributed by atoms with van der Waals surface area (Å²) in [5, 5.41) is 0. The van der Waals surface area contributed by atoms with E-state index >= 15 is 0 Å². The van der Waals surface area contributed by atoms with Crippen LogP contribution < -0.4 is 5.73 Å². The maximum absolute atomic E-state index is 11.4. The Morgan fingerprint density at radius 2 is 2.17 bits per heavy atom. The van der Waals surface area contributed by atoms with Crippen molar-refractivity contribution in [3.8, 4) is 0 Å². The van der Waals surface area contributed by atoms with Crippen molar-refractivity contribution in [1.82, 2.24) is 0 Å². The van der Waals surface area contributed by atoms with Gasteiger partial charge >= 0.3 is 0 Å². The Morgan fingerprint density at radius 3 is 2.58 bits per heavy atom. The topological polar surface area (TPSA) is 43.1 Å². The van der Waals surface area contributed by atoms with Crippen LogP contribution in [0.2, 0.25) is 0 Å². The Morgan fingerprint density at radius 1 is 1.50 bits per heavy atom. The van der Waals surface area contributed by atoms with Crippen LogP contribution in [-0.2, 0) is 4.79 Å². The first kappa shape index (κ1) is 9.72. The Balaban J connectivity index is 2.35. The van der Waals surface area contributed by atoms with E-state index in [0.29, 0.717) is 18.1 Å². The van der Waals surface area contributed by atoms with Gasteiger partial charge in [0.15, 0.2) is 0 Å². The van der Waals surface area contributed by atoms with Gasteiger partial charge in [-0.2, -0.15) is 0 Å². The lowest BCUT2D eigenvalue weighted by Gasteiger charge is -2.15.